The summed E-state index contributed by atoms with van der Waals surface area (Å²) < 4.78 is 0. The first-order valence-corrected chi connectivity index (χ1v) is 5.54. The number of urea groups is 1. The second-order valence-corrected chi connectivity index (χ2v) is 4.12. The minimum absolute atomic E-state index is 0.129. The van der Waals surface area contributed by atoms with Crippen molar-refractivity contribution in [3.8, 4) is 0 Å². The van der Waals surface area contributed by atoms with Crippen molar-refractivity contribution in [3.63, 3.8) is 0 Å². The minimum atomic E-state index is -0.337. The van der Waals surface area contributed by atoms with Crippen molar-refractivity contribution in [1.29, 1.82) is 0 Å². The summed E-state index contributed by atoms with van der Waals surface area (Å²) >= 11 is 5.76. The molecule has 88 valence electrons. The first-order valence-electron chi connectivity index (χ1n) is 5.16. The van der Waals surface area contributed by atoms with E-state index in [2.05, 4.69) is 5.32 Å². The van der Waals surface area contributed by atoms with Crippen LogP contribution in [0.5, 0.6) is 0 Å². The van der Waals surface area contributed by atoms with E-state index in [1.807, 2.05) is 24.3 Å². The third kappa shape index (κ3) is 3.07. The normalized spacial score (nSPS) is 15.7. The van der Waals surface area contributed by atoms with E-state index in [9.17, 15) is 9.59 Å². The van der Waals surface area contributed by atoms with Gasteiger partial charge in [-0.15, -0.1) is 0 Å². The largest absolute Gasteiger partial charge is 0.324 e. The molecule has 0 aliphatic carbocycles. The van der Waals surface area contributed by atoms with Gasteiger partial charge in [0.15, 0.2) is 0 Å². The fourth-order valence-electron chi connectivity index (χ4n) is 1.52. The van der Waals surface area contributed by atoms with Gasteiger partial charge in [0.1, 0.15) is 6.54 Å². The number of nitrogens with zero attached hydrogens (tertiary/aromatic N) is 1. The molecule has 1 saturated heterocycles. The fraction of sp³-hybridized carbons (Fsp3) is 0.167. The van der Waals surface area contributed by atoms with Gasteiger partial charge in [-0.05, 0) is 17.7 Å². The highest BCUT2D eigenvalue weighted by atomic mass is 35.5. The minimum Gasteiger partial charge on any atom is -0.311 e. The molecule has 2 rings (SSSR count). The van der Waals surface area contributed by atoms with Gasteiger partial charge in [0.25, 0.3) is 0 Å². The number of rotatable bonds is 3. The Balaban J connectivity index is 1.92. The van der Waals surface area contributed by atoms with Crippen LogP contribution in [0.25, 0.3) is 6.08 Å². The molecular formula is C12H11ClN2O2. The van der Waals surface area contributed by atoms with Crippen LogP contribution in [0.4, 0.5) is 4.79 Å². The molecule has 1 aromatic rings. The molecule has 0 bridgehead atoms. The first-order chi connectivity index (χ1) is 8.15. The molecule has 0 aromatic heterocycles. The average molecular weight is 251 g/mol. The molecule has 0 saturated carbocycles. The summed E-state index contributed by atoms with van der Waals surface area (Å²) in [5.41, 5.74) is 1.00. The van der Waals surface area contributed by atoms with Crippen molar-refractivity contribution in [2.24, 2.45) is 0 Å². The van der Waals surface area contributed by atoms with Gasteiger partial charge in [0, 0.05) is 11.6 Å². The molecule has 3 amide bonds. The molecule has 17 heavy (non-hydrogen) atoms. The Morgan fingerprint density at radius 1 is 1.29 bits per heavy atom. The zero-order valence-electron chi connectivity index (χ0n) is 9.02. The van der Waals surface area contributed by atoms with Crippen LogP contribution in [0, 0.1) is 0 Å². The maximum atomic E-state index is 11.2. The number of imide groups is 1. The predicted molar refractivity (Wildman–Crippen MR) is 65.6 cm³/mol. The highest BCUT2D eigenvalue weighted by Gasteiger charge is 2.24. The molecule has 1 aliphatic heterocycles. The SMILES string of the molecule is O=C1CN(C/C=C/c2ccc(Cl)cc2)C(=O)N1. The van der Waals surface area contributed by atoms with Crippen LogP contribution < -0.4 is 5.32 Å². The van der Waals surface area contributed by atoms with Gasteiger partial charge in [-0.1, -0.05) is 35.9 Å². The standard InChI is InChI=1S/C12H11ClN2O2/c13-10-5-3-9(4-6-10)2-1-7-15-8-11(16)14-12(15)17/h1-6H,7-8H2,(H,14,16,17)/b2-1+. The molecule has 5 heteroatoms. The summed E-state index contributed by atoms with van der Waals surface area (Å²) in [4.78, 5) is 23.6. The number of nitrogens with one attached hydrogen (secondary N) is 1. The van der Waals surface area contributed by atoms with Crippen molar-refractivity contribution < 1.29 is 9.59 Å². The van der Waals surface area contributed by atoms with E-state index in [0.29, 0.717) is 11.6 Å². The molecular weight excluding hydrogens is 240 g/mol. The maximum Gasteiger partial charge on any atom is 0.324 e. The van der Waals surface area contributed by atoms with Gasteiger partial charge in [-0.3, -0.25) is 10.1 Å². The average Bonchev–Trinajstić information content (AvgIpc) is 2.60. The van der Waals surface area contributed by atoms with Crippen molar-refractivity contribution in [2.75, 3.05) is 13.1 Å². The molecule has 1 aliphatic rings. The maximum absolute atomic E-state index is 11.2. The quantitative estimate of drug-likeness (QED) is 0.833. The second-order valence-electron chi connectivity index (χ2n) is 3.69. The van der Waals surface area contributed by atoms with Crippen LogP contribution in [0.15, 0.2) is 30.3 Å². The highest BCUT2D eigenvalue weighted by Crippen LogP contribution is 2.10. The Hall–Kier alpha value is -1.81. The topological polar surface area (TPSA) is 49.4 Å². The summed E-state index contributed by atoms with van der Waals surface area (Å²) in [5.74, 6) is -0.255. The summed E-state index contributed by atoms with van der Waals surface area (Å²) in [7, 11) is 0. The van der Waals surface area contributed by atoms with E-state index in [1.165, 1.54) is 4.90 Å². The fourth-order valence-corrected chi connectivity index (χ4v) is 1.65. The highest BCUT2D eigenvalue weighted by molar-refractivity contribution is 6.30. The van der Waals surface area contributed by atoms with Crippen LogP contribution in [0.3, 0.4) is 0 Å². The van der Waals surface area contributed by atoms with Crippen LogP contribution in [-0.2, 0) is 4.79 Å². The Morgan fingerprint density at radius 2 is 2.00 bits per heavy atom. The summed E-state index contributed by atoms with van der Waals surface area (Å²) in [6.45, 7) is 0.546. The smallest absolute Gasteiger partial charge is 0.311 e. The van der Waals surface area contributed by atoms with Crippen LogP contribution in [-0.4, -0.2) is 29.9 Å². The molecule has 4 nitrogen and oxygen atoms in total. The zero-order chi connectivity index (χ0) is 12.3. The van der Waals surface area contributed by atoms with Crippen molar-refractivity contribution >= 4 is 29.6 Å². The number of hydrogen-bond donors (Lipinski definition) is 1. The second kappa shape index (κ2) is 5.01. The molecule has 1 fully saturated rings. The number of carbonyl (C=O) groups excluding carboxylic acids is 2. The van der Waals surface area contributed by atoms with Crippen molar-refractivity contribution in [2.45, 2.75) is 0 Å². The van der Waals surface area contributed by atoms with Crippen LogP contribution in [0.2, 0.25) is 5.02 Å². The third-order valence-corrected chi connectivity index (χ3v) is 2.63. The number of benzene rings is 1. The Labute approximate surface area is 104 Å². The van der Waals surface area contributed by atoms with E-state index in [4.69, 9.17) is 11.6 Å². The summed E-state index contributed by atoms with van der Waals surface area (Å²) in [6.07, 6.45) is 3.72. The predicted octanol–water partition coefficient (Wildman–Crippen LogP) is 1.91. The number of halogens is 1. The lowest BCUT2D eigenvalue weighted by atomic mass is 10.2. The monoisotopic (exact) mass is 250 g/mol. The molecule has 0 unspecified atom stereocenters. The van der Waals surface area contributed by atoms with E-state index in [1.54, 1.807) is 12.1 Å². The van der Waals surface area contributed by atoms with Crippen LogP contribution >= 0.6 is 11.6 Å². The lowest BCUT2D eigenvalue weighted by Crippen LogP contribution is -2.28. The van der Waals surface area contributed by atoms with E-state index < -0.39 is 0 Å². The lowest BCUT2D eigenvalue weighted by molar-refractivity contribution is -0.118. The summed E-state index contributed by atoms with van der Waals surface area (Å²) in [5, 5.41) is 2.91. The molecule has 1 aromatic carbocycles. The summed E-state index contributed by atoms with van der Waals surface area (Å²) in [6, 6.07) is 7.03. The van der Waals surface area contributed by atoms with Gasteiger partial charge >= 0.3 is 6.03 Å². The van der Waals surface area contributed by atoms with Gasteiger partial charge in [0.05, 0.1) is 0 Å². The molecule has 0 atom stereocenters. The van der Waals surface area contributed by atoms with Crippen LogP contribution in [0.1, 0.15) is 5.56 Å². The number of hydrogen-bond acceptors (Lipinski definition) is 2. The van der Waals surface area contributed by atoms with E-state index in [-0.39, 0.29) is 18.5 Å². The van der Waals surface area contributed by atoms with E-state index in [0.717, 1.165) is 5.56 Å². The van der Waals surface area contributed by atoms with Gasteiger partial charge in [-0.2, -0.15) is 0 Å². The molecule has 0 radical (unpaired) electrons. The molecule has 1 N–H and O–H groups in total. The van der Waals surface area contributed by atoms with Crippen molar-refractivity contribution in [3.05, 3.63) is 40.9 Å². The molecule has 1 heterocycles. The van der Waals surface area contributed by atoms with Crippen molar-refractivity contribution in [1.82, 2.24) is 10.2 Å². The number of amides is 3. The third-order valence-electron chi connectivity index (χ3n) is 2.37. The van der Waals surface area contributed by atoms with Gasteiger partial charge < -0.3 is 4.90 Å². The van der Waals surface area contributed by atoms with Gasteiger partial charge in [-0.25, -0.2) is 4.79 Å². The number of carbonyl (C=O) groups is 2. The Bertz CT molecular complexity index is 468. The lowest BCUT2D eigenvalue weighted by Gasteiger charge is -2.08. The zero-order valence-corrected chi connectivity index (χ0v) is 9.78. The molecule has 0 spiro atoms. The Kier molecular flexibility index (Phi) is 3.44. The Morgan fingerprint density at radius 3 is 2.59 bits per heavy atom. The van der Waals surface area contributed by atoms with E-state index >= 15 is 0 Å². The van der Waals surface area contributed by atoms with Gasteiger partial charge in [0.2, 0.25) is 5.91 Å². The first kappa shape index (κ1) is 11.7.